The van der Waals surface area contributed by atoms with Gasteiger partial charge in [0.2, 0.25) is 0 Å². The summed E-state index contributed by atoms with van der Waals surface area (Å²) in [6.07, 6.45) is 0. The Kier molecular flexibility index (Phi) is 6.29. The Balaban J connectivity index is 2.67. The van der Waals surface area contributed by atoms with Gasteiger partial charge < -0.3 is 9.47 Å². The molecule has 1 aromatic carbocycles. The quantitative estimate of drug-likeness (QED) is 0.537. The van der Waals surface area contributed by atoms with Crippen molar-refractivity contribution in [3.05, 3.63) is 34.7 Å². The number of thioether (sulfide) groups is 1. The van der Waals surface area contributed by atoms with E-state index >= 15 is 0 Å². The van der Waals surface area contributed by atoms with Crippen LogP contribution in [0.3, 0.4) is 0 Å². The molecule has 0 radical (unpaired) electrons. The first kappa shape index (κ1) is 18.4. The lowest BCUT2D eigenvalue weighted by molar-refractivity contribution is 0.0533. The van der Waals surface area contributed by atoms with E-state index in [-0.39, 0.29) is 0 Å². The number of methoxy groups -OCH3 is 1. The second-order valence-corrected chi connectivity index (χ2v) is 8.07. The molecule has 6 heteroatoms. The number of thiophene rings is 1. The number of nitriles is 1. The molecule has 0 saturated heterocycles. The summed E-state index contributed by atoms with van der Waals surface area (Å²) in [6.45, 7) is 6.18. The third kappa shape index (κ3) is 3.92. The highest BCUT2D eigenvalue weighted by molar-refractivity contribution is 8.01. The van der Waals surface area contributed by atoms with Gasteiger partial charge in [-0.05, 0) is 24.6 Å². The molecular weight excluding hydrogens is 342 g/mol. The first-order valence-corrected chi connectivity index (χ1v) is 9.26. The predicted molar refractivity (Wildman–Crippen MR) is 98.0 cm³/mol. The molecule has 0 aliphatic heterocycles. The summed E-state index contributed by atoms with van der Waals surface area (Å²) in [5.41, 5.74) is 1.93. The zero-order chi connectivity index (χ0) is 17.7. The number of carbonyl (C=O) groups excluding carboxylic acids is 1. The van der Waals surface area contributed by atoms with Gasteiger partial charge in [-0.25, -0.2) is 4.79 Å². The smallest absolute Gasteiger partial charge is 0.349 e. The first-order chi connectivity index (χ1) is 11.5. The Hall–Kier alpha value is -1.97. The van der Waals surface area contributed by atoms with Crippen molar-refractivity contribution >= 4 is 29.1 Å². The van der Waals surface area contributed by atoms with Crippen LogP contribution in [0.25, 0.3) is 11.1 Å². The van der Waals surface area contributed by atoms with Crippen LogP contribution in [-0.2, 0) is 4.74 Å². The van der Waals surface area contributed by atoms with Crippen LogP contribution >= 0.6 is 23.1 Å². The van der Waals surface area contributed by atoms with E-state index in [4.69, 9.17) is 9.47 Å². The van der Waals surface area contributed by atoms with E-state index in [0.29, 0.717) is 33.6 Å². The van der Waals surface area contributed by atoms with Crippen molar-refractivity contribution in [2.75, 3.05) is 13.7 Å². The lowest BCUT2D eigenvalue weighted by Crippen LogP contribution is -2.04. The van der Waals surface area contributed by atoms with Crippen molar-refractivity contribution in [1.29, 1.82) is 5.26 Å². The van der Waals surface area contributed by atoms with E-state index in [9.17, 15) is 10.1 Å². The molecule has 0 bridgehead atoms. The second-order valence-electron chi connectivity index (χ2n) is 5.20. The molecular formula is C18H19NO3S2. The monoisotopic (exact) mass is 361 g/mol. The fourth-order valence-corrected chi connectivity index (χ4v) is 4.82. The summed E-state index contributed by atoms with van der Waals surface area (Å²) >= 11 is 2.90. The molecule has 0 N–H and O–H groups in total. The van der Waals surface area contributed by atoms with Gasteiger partial charge in [-0.3, -0.25) is 0 Å². The van der Waals surface area contributed by atoms with Crippen LogP contribution in [0.4, 0.5) is 0 Å². The van der Waals surface area contributed by atoms with E-state index in [2.05, 4.69) is 19.9 Å². The van der Waals surface area contributed by atoms with E-state index in [1.165, 1.54) is 11.3 Å². The van der Waals surface area contributed by atoms with Crippen LogP contribution in [0.2, 0.25) is 0 Å². The maximum atomic E-state index is 12.4. The van der Waals surface area contributed by atoms with Crippen LogP contribution in [0, 0.1) is 11.3 Å². The van der Waals surface area contributed by atoms with E-state index < -0.39 is 5.97 Å². The molecule has 0 fully saturated rings. The standard InChI is InChI=1S/C18H19NO3S2/c1-5-22-17(20)16-15(12-7-6-8-13(9-12)21-4)14(10-19)18(24-16)23-11(2)3/h6-9,11H,5H2,1-4H3. The van der Waals surface area contributed by atoms with Crippen LogP contribution in [0.15, 0.2) is 28.5 Å². The van der Waals surface area contributed by atoms with Gasteiger partial charge in [0.05, 0.1) is 23.5 Å². The highest BCUT2D eigenvalue weighted by Crippen LogP contribution is 2.43. The molecule has 0 atom stereocenters. The Morgan fingerprint density at radius 1 is 1.42 bits per heavy atom. The number of ether oxygens (including phenoxy) is 2. The summed E-state index contributed by atoms with van der Waals surface area (Å²) in [7, 11) is 1.59. The van der Waals surface area contributed by atoms with E-state index in [1.54, 1.807) is 25.8 Å². The first-order valence-electron chi connectivity index (χ1n) is 7.56. The van der Waals surface area contributed by atoms with Crippen molar-refractivity contribution < 1.29 is 14.3 Å². The number of hydrogen-bond donors (Lipinski definition) is 0. The Morgan fingerprint density at radius 3 is 2.75 bits per heavy atom. The normalized spacial score (nSPS) is 10.5. The minimum atomic E-state index is -0.396. The van der Waals surface area contributed by atoms with Crippen LogP contribution in [0.1, 0.15) is 36.0 Å². The van der Waals surface area contributed by atoms with Crippen molar-refractivity contribution in [2.45, 2.75) is 30.2 Å². The summed E-state index contributed by atoms with van der Waals surface area (Å²) in [6, 6.07) is 9.64. The molecule has 1 aromatic heterocycles. The fourth-order valence-electron chi connectivity index (χ4n) is 2.20. The second kappa shape index (κ2) is 8.22. The minimum absolute atomic E-state index is 0.294. The lowest BCUT2D eigenvalue weighted by Gasteiger charge is -2.07. The van der Waals surface area contributed by atoms with E-state index in [0.717, 1.165) is 9.77 Å². The number of hydrogen-bond acceptors (Lipinski definition) is 6. The summed E-state index contributed by atoms with van der Waals surface area (Å²) in [5, 5.41) is 9.99. The van der Waals surface area contributed by atoms with Gasteiger partial charge in [-0.2, -0.15) is 5.26 Å². The molecule has 0 amide bonds. The van der Waals surface area contributed by atoms with Gasteiger partial charge in [-0.1, -0.05) is 26.0 Å². The molecule has 0 aliphatic carbocycles. The molecule has 0 aliphatic rings. The summed E-state index contributed by atoms with van der Waals surface area (Å²) in [5.74, 6) is 0.280. The molecule has 2 aromatic rings. The third-order valence-corrected chi connectivity index (χ3v) is 5.54. The largest absolute Gasteiger partial charge is 0.497 e. The van der Waals surface area contributed by atoms with Crippen molar-refractivity contribution in [3.8, 4) is 22.9 Å². The maximum Gasteiger partial charge on any atom is 0.349 e. The predicted octanol–water partition coefficient (Wildman–Crippen LogP) is 4.97. The maximum absolute atomic E-state index is 12.4. The minimum Gasteiger partial charge on any atom is -0.497 e. The third-order valence-electron chi connectivity index (χ3n) is 3.15. The topological polar surface area (TPSA) is 59.3 Å². The molecule has 0 saturated carbocycles. The number of benzene rings is 1. The fraction of sp³-hybridized carbons (Fsp3) is 0.333. The zero-order valence-electron chi connectivity index (χ0n) is 14.1. The SMILES string of the molecule is CCOC(=O)c1sc(SC(C)C)c(C#N)c1-c1cccc(OC)c1. The van der Waals surface area contributed by atoms with E-state index in [1.807, 2.05) is 24.3 Å². The molecule has 4 nitrogen and oxygen atoms in total. The number of rotatable bonds is 6. The summed E-state index contributed by atoms with van der Waals surface area (Å²) < 4.78 is 11.3. The van der Waals surface area contributed by atoms with Crippen molar-refractivity contribution in [2.24, 2.45) is 0 Å². The Bertz CT molecular complexity index is 775. The average Bonchev–Trinajstić information content (AvgIpc) is 2.92. The van der Waals surface area contributed by atoms with Crippen LogP contribution < -0.4 is 4.74 Å². The zero-order valence-corrected chi connectivity index (χ0v) is 15.7. The molecule has 0 spiro atoms. The van der Waals surface area contributed by atoms with Gasteiger partial charge in [0.15, 0.2) is 0 Å². The van der Waals surface area contributed by atoms with Crippen LogP contribution in [-0.4, -0.2) is 24.9 Å². The number of nitrogens with zero attached hydrogens (tertiary/aromatic N) is 1. The van der Waals surface area contributed by atoms with Crippen molar-refractivity contribution in [3.63, 3.8) is 0 Å². The molecule has 2 rings (SSSR count). The van der Waals surface area contributed by atoms with Crippen LogP contribution in [0.5, 0.6) is 5.75 Å². The highest BCUT2D eigenvalue weighted by atomic mass is 32.2. The van der Waals surface area contributed by atoms with Gasteiger partial charge in [0.1, 0.15) is 16.7 Å². The Morgan fingerprint density at radius 2 is 2.17 bits per heavy atom. The number of carbonyl (C=O) groups is 1. The molecule has 24 heavy (non-hydrogen) atoms. The molecule has 126 valence electrons. The average molecular weight is 361 g/mol. The lowest BCUT2D eigenvalue weighted by atomic mass is 10.0. The van der Waals surface area contributed by atoms with Gasteiger partial charge >= 0.3 is 5.97 Å². The Labute approximate surface area is 150 Å². The molecule has 0 unspecified atom stereocenters. The van der Waals surface area contributed by atoms with Gasteiger partial charge in [0.25, 0.3) is 0 Å². The van der Waals surface area contributed by atoms with Gasteiger partial charge in [0, 0.05) is 10.8 Å². The highest BCUT2D eigenvalue weighted by Gasteiger charge is 2.26. The van der Waals surface area contributed by atoms with Gasteiger partial charge in [-0.15, -0.1) is 23.1 Å². The summed E-state index contributed by atoms with van der Waals surface area (Å²) in [4.78, 5) is 12.9. The molecule has 1 heterocycles. The van der Waals surface area contributed by atoms with Crippen molar-refractivity contribution in [1.82, 2.24) is 0 Å². The number of esters is 1.